The molecule has 0 aliphatic rings. The van der Waals surface area contributed by atoms with Crippen molar-refractivity contribution >= 4 is 23.4 Å². The average molecular weight is 493 g/mol. The van der Waals surface area contributed by atoms with Crippen molar-refractivity contribution in [1.29, 1.82) is 0 Å². The minimum absolute atomic E-state index is 0.114. The molecule has 180 valence electrons. The fraction of sp³-hybridized carbons (Fsp3) is 0.208. The number of thioether (sulfide) groups is 1. The standard InChI is InChI=1S/C24H24N6O4S/c1-14-8-15(2)10-16(9-14)25-22(32)13-35-24-29-28-20(11-17-12-21(31)27-23(33)26-17)30(24)18-4-6-19(34-3)7-5-18/h4-10,12H,11,13H2,1-3H3,(H,25,32)(H2,26,27,31,33). The van der Waals surface area contributed by atoms with Gasteiger partial charge in [0.1, 0.15) is 11.6 Å². The first-order valence-electron chi connectivity index (χ1n) is 10.7. The van der Waals surface area contributed by atoms with Crippen molar-refractivity contribution in [3.63, 3.8) is 0 Å². The highest BCUT2D eigenvalue weighted by atomic mass is 32.2. The van der Waals surface area contributed by atoms with E-state index in [0.717, 1.165) is 22.5 Å². The van der Waals surface area contributed by atoms with Crippen molar-refractivity contribution in [2.75, 3.05) is 18.2 Å². The predicted molar refractivity (Wildman–Crippen MR) is 134 cm³/mol. The molecule has 0 bridgehead atoms. The van der Waals surface area contributed by atoms with Crippen LogP contribution in [-0.2, 0) is 11.2 Å². The summed E-state index contributed by atoms with van der Waals surface area (Å²) in [6.45, 7) is 3.95. The maximum absolute atomic E-state index is 12.6. The number of hydrogen-bond acceptors (Lipinski definition) is 7. The predicted octanol–water partition coefficient (Wildman–Crippen LogP) is 2.59. The van der Waals surface area contributed by atoms with Gasteiger partial charge in [-0.3, -0.25) is 19.1 Å². The first-order valence-corrected chi connectivity index (χ1v) is 11.7. The van der Waals surface area contributed by atoms with Crippen molar-refractivity contribution in [2.24, 2.45) is 0 Å². The fourth-order valence-corrected chi connectivity index (χ4v) is 4.43. The van der Waals surface area contributed by atoms with Gasteiger partial charge in [0.15, 0.2) is 5.16 Å². The molecule has 2 aromatic carbocycles. The number of H-pyrrole nitrogens is 2. The van der Waals surface area contributed by atoms with Gasteiger partial charge in [-0.05, 0) is 61.4 Å². The molecular formula is C24H24N6O4S. The molecule has 0 saturated carbocycles. The Balaban J connectivity index is 1.59. The number of amides is 1. The van der Waals surface area contributed by atoms with Crippen LogP contribution in [0.5, 0.6) is 5.75 Å². The van der Waals surface area contributed by atoms with Crippen LogP contribution >= 0.6 is 11.8 Å². The zero-order valence-electron chi connectivity index (χ0n) is 19.4. The normalized spacial score (nSPS) is 10.8. The maximum Gasteiger partial charge on any atom is 0.325 e. The summed E-state index contributed by atoms with van der Waals surface area (Å²) in [5.74, 6) is 1.12. The van der Waals surface area contributed by atoms with Crippen LogP contribution in [0.3, 0.4) is 0 Å². The van der Waals surface area contributed by atoms with Crippen molar-refractivity contribution in [3.05, 3.63) is 92.0 Å². The molecule has 0 aliphatic heterocycles. The number of aromatic nitrogens is 5. The number of benzene rings is 2. The number of aryl methyl sites for hydroxylation is 2. The minimum atomic E-state index is -0.597. The lowest BCUT2D eigenvalue weighted by molar-refractivity contribution is -0.113. The molecule has 35 heavy (non-hydrogen) atoms. The van der Waals surface area contributed by atoms with Crippen LogP contribution in [0.2, 0.25) is 0 Å². The first kappa shape index (κ1) is 24.0. The Hall–Kier alpha value is -4.12. The van der Waals surface area contributed by atoms with Gasteiger partial charge < -0.3 is 15.0 Å². The quantitative estimate of drug-likeness (QED) is 0.322. The molecule has 10 nitrogen and oxygen atoms in total. The molecule has 4 aromatic rings. The van der Waals surface area contributed by atoms with E-state index >= 15 is 0 Å². The van der Waals surface area contributed by atoms with E-state index in [1.807, 2.05) is 44.2 Å². The average Bonchev–Trinajstić information content (AvgIpc) is 3.18. The zero-order valence-corrected chi connectivity index (χ0v) is 20.2. The SMILES string of the molecule is COc1ccc(-n2c(Cc3cc(=O)[nH]c(=O)[nH]3)nnc2SCC(=O)Nc2cc(C)cc(C)c2)cc1. The van der Waals surface area contributed by atoms with Crippen LogP contribution in [0, 0.1) is 13.8 Å². The van der Waals surface area contributed by atoms with Gasteiger partial charge in [-0.15, -0.1) is 10.2 Å². The second-order valence-corrected chi connectivity index (χ2v) is 8.88. The highest BCUT2D eigenvalue weighted by Gasteiger charge is 2.17. The Kier molecular flexibility index (Phi) is 7.16. The number of ether oxygens (including phenoxy) is 1. The maximum atomic E-state index is 12.6. The summed E-state index contributed by atoms with van der Waals surface area (Å²) >= 11 is 1.23. The number of rotatable bonds is 8. The first-order chi connectivity index (χ1) is 16.8. The molecule has 0 spiro atoms. The number of carbonyl (C=O) groups is 1. The number of carbonyl (C=O) groups excluding carboxylic acids is 1. The van der Waals surface area contributed by atoms with Gasteiger partial charge in [-0.1, -0.05) is 17.8 Å². The highest BCUT2D eigenvalue weighted by molar-refractivity contribution is 7.99. The number of nitrogens with zero attached hydrogens (tertiary/aromatic N) is 3. The van der Waals surface area contributed by atoms with E-state index < -0.39 is 11.2 Å². The molecule has 0 unspecified atom stereocenters. The molecule has 0 fully saturated rings. The summed E-state index contributed by atoms with van der Waals surface area (Å²) in [6, 6.07) is 14.4. The largest absolute Gasteiger partial charge is 0.497 e. The topological polar surface area (TPSA) is 135 Å². The molecule has 0 radical (unpaired) electrons. The van der Waals surface area contributed by atoms with E-state index in [9.17, 15) is 14.4 Å². The Labute approximate surface area is 204 Å². The molecule has 1 amide bonds. The van der Waals surface area contributed by atoms with E-state index in [-0.39, 0.29) is 18.1 Å². The summed E-state index contributed by atoms with van der Waals surface area (Å²) < 4.78 is 7.03. The number of anilines is 1. The molecule has 2 heterocycles. The highest BCUT2D eigenvalue weighted by Crippen LogP contribution is 2.25. The molecule has 0 atom stereocenters. The van der Waals surface area contributed by atoms with E-state index in [4.69, 9.17) is 4.74 Å². The minimum Gasteiger partial charge on any atom is -0.497 e. The van der Waals surface area contributed by atoms with Crippen molar-refractivity contribution in [1.82, 2.24) is 24.7 Å². The summed E-state index contributed by atoms with van der Waals surface area (Å²) in [6.07, 6.45) is 0.160. The molecule has 3 N–H and O–H groups in total. The molecule has 0 aliphatic carbocycles. The van der Waals surface area contributed by atoms with E-state index in [1.165, 1.54) is 17.8 Å². The van der Waals surface area contributed by atoms with Gasteiger partial charge in [0.05, 0.1) is 12.9 Å². The van der Waals surface area contributed by atoms with Crippen LogP contribution < -0.4 is 21.3 Å². The smallest absolute Gasteiger partial charge is 0.325 e. The fourth-order valence-electron chi connectivity index (χ4n) is 3.66. The lowest BCUT2D eigenvalue weighted by Crippen LogP contribution is -2.23. The second kappa shape index (κ2) is 10.4. The Morgan fingerprint density at radius 1 is 1.03 bits per heavy atom. The van der Waals surface area contributed by atoms with Gasteiger partial charge in [0.25, 0.3) is 5.56 Å². The van der Waals surface area contributed by atoms with Gasteiger partial charge in [0.2, 0.25) is 5.91 Å². The third-order valence-corrected chi connectivity index (χ3v) is 5.96. The third kappa shape index (κ3) is 6.07. The van der Waals surface area contributed by atoms with Gasteiger partial charge >= 0.3 is 5.69 Å². The summed E-state index contributed by atoms with van der Waals surface area (Å²) in [5, 5.41) is 11.9. The van der Waals surface area contributed by atoms with Crippen LogP contribution in [0.1, 0.15) is 22.6 Å². The Morgan fingerprint density at radius 3 is 2.40 bits per heavy atom. The van der Waals surface area contributed by atoms with E-state index in [2.05, 4.69) is 25.5 Å². The molecular weight excluding hydrogens is 468 g/mol. The van der Waals surface area contributed by atoms with Gasteiger partial charge in [-0.25, -0.2) is 4.79 Å². The zero-order chi connectivity index (χ0) is 24.9. The van der Waals surface area contributed by atoms with Crippen LogP contribution in [-0.4, -0.2) is 43.5 Å². The molecule has 0 saturated heterocycles. The number of hydrogen-bond donors (Lipinski definition) is 3. The Morgan fingerprint density at radius 2 is 1.74 bits per heavy atom. The number of methoxy groups -OCH3 is 1. The van der Waals surface area contributed by atoms with Crippen molar-refractivity contribution < 1.29 is 9.53 Å². The van der Waals surface area contributed by atoms with Crippen molar-refractivity contribution in [2.45, 2.75) is 25.4 Å². The number of nitrogens with one attached hydrogen (secondary N) is 3. The Bertz CT molecular complexity index is 1420. The van der Waals surface area contributed by atoms with Gasteiger partial charge in [0, 0.05) is 29.6 Å². The molecule has 4 rings (SSSR count). The molecule has 2 aromatic heterocycles. The summed E-state index contributed by atoms with van der Waals surface area (Å²) in [5.41, 5.74) is 2.91. The van der Waals surface area contributed by atoms with E-state index in [1.54, 1.807) is 23.8 Å². The lowest BCUT2D eigenvalue weighted by Gasteiger charge is -2.11. The summed E-state index contributed by atoms with van der Waals surface area (Å²) in [4.78, 5) is 40.8. The van der Waals surface area contributed by atoms with E-state index in [0.29, 0.717) is 22.4 Å². The molecule has 11 heteroatoms. The number of aromatic amines is 2. The second-order valence-electron chi connectivity index (χ2n) is 7.94. The lowest BCUT2D eigenvalue weighted by atomic mass is 10.1. The van der Waals surface area contributed by atoms with Crippen LogP contribution in [0.25, 0.3) is 5.69 Å². The van der Waals surface area contributed by atoms with Crippen LogP contribution in [0.15, 0.2) is 63.3 Å². The monoisotopic (exact) mass is 492 g/mol. The summed E-state index contributed by atoms with van der Waals surface area (Å²) in [7, 11) is 1.58. The van der Waals surface area contributed by atoms with Crippen LogP contribution in [0.4, 0.5) is 5.69 Å². The van der Waals surface area contributed by atoms with Crippen molar-refractivity contribution in [3.8, 4) is 11.4 Å². The third-order valence-electron chi connectivity index (χ3n) is 5.03. The van der Waals surface area contributed by atoms with Gasteiger partial charge in [-0.2, -0.15) is 0 Å².